The highest BCUT2D eigenvalue weighted by atomic mass is 79.9. The largest absolute Gasteiger partial charge is 0.417 e. The summed E-state index contributed by atoms with van der Waals surface area (Å²) in [6.45, 7) is 1.87. The molecule has 2 nitrogen and oxygen atoms in total. The Balaban J connectivity index is 2.32. The Bertz CT molecular complexity index is 642. The van der Waals surface area contributed by atoms with Crippen LogP contribution in [0.5, 0.6) is 0 Å². The van der Waals surface area contributed by atoms with Crippen LogP contribution in [0.1, 0.15) is 11.1 Å². The first kappa shape index (κ1) is 15.3. The fraction of sp³-hybridized carbons (Fsp3) is 0.154. The van der Waals surface area contributed by atoms with Crippen LogP contribution in [-0.4, -0.2) is 4.98 Å². The third kappa shape index (κ3) is 3.52. The molecule has 0 amide bonds. The van der Waals surface area contributed by atoms with Crippen molar-refractivity contribution >= 4 is 43.4 Å². The molecule has 20 heavy (non-hydrogen) atoms. The molecule has 1 heterocycles. The van der Waals surface area contributed by atoms with Gasteiger partial charge < -0.3 is 5.32 Å². The molecule has 7 heteroatoms. The number of aromatic nitrogens is 1. The molecule has 2 rings (SSSR count). The first-order chi connectivity index (χ1) is 9.27. The smallest absolute Gasteiger partial charge is 0.340 e. The lowest BCUT2D eigenvalue weighted by Gasteiger charge is -2.12. The van der Waals surface area contributed by atoms with Crippen molar-refractivity contribution in [2.75, 3.05) is 5.32 Å². The van der Waals surface area contributed by atoms with Crippen LogP contribution < -0.4 is 5.32 Å². The highest BCUT2D eigenvalue weighted by Gasteiger charge is 2.33. The number of pyridine rings is 1. The third-order valence-electron chi connectivity index (χ3n) is 2.59. The maximum atomic E-state index is 12.8. The second kappa shape index (κ2) is 5.73. The molecule has 0 atom stereocenters. The summed E-state index contributed by atoms with van der Waals surface area (Å²) in [5.41, 5.74) is 0.543. The molecule has 1 N–H and O–H groups in total. The zero-order valence-electron chi connectivity index (χ0n) is 10.2. The summed E-state index contributed by atoms with van der Waals surface area (Å²) >= 11 is 6.22. The van der Waals surface area contributed by atoms with Crippen LogP contribution in [0.3, 0.4) is 0 Å². The fourth-order valence-electron chi connectivity index (χ4n) is 1.58. The summed E-state index contributed by atoms with van der Waals surface area (Å²) in [5.74, 6) is 0.487. The first-order valence-corrected chi connectivity index (χ1v) is 7.12. The normalized spacial score (nSPS) is 11.5. The van der Waals surface area contributed by atoms with E-state index in [1.54, 1.807) is 18.3 Å². The van der Waals surface area contributed by atoms with Gasteiger partial charge in [-0.15, -0.1) is 0 Å². The molecule has 0 spiro atoms. The Morgan fingerprint density at radius 3 is 2.40 bits per heavy atom. The molecule has 2 aromatic rings. The van der Waals surface area contributed by atoms with E-state index in [1.807, 2.05) is 6.92 Å². The molecular weight excluding hydrogens is 401 g/mol. The van der Waals surface area contributed by atoms with Gasteiger partial charge in [-0.3, -0.25) is 0 Å². The summed E-state index contributed by atoms with van der Waals surface area (Å²) in [5, 5.41) is 2.86. The van der Waals surface area contributed by atoms with E-state index in [9.17, 15) is 13.2 Å². The molecule has 0 saturated heterocycles. The molecule has 0 unspecified atom stereocenters. The maximum Gasteiger partial charge on any atom is 0.417 e. The lowest BCUT2D eigenvalue weighted by atomic mass is 10.2. The van der Waals surface area contributed by atoms with Gasteiger partial charge in [-0.2, -0.15) is 13.2 Å². The summed E-state index contributed by atoms with van der Waals surface area (Å²) < 4.78 is 39.3. The number of aryl methyl sites for hydroxylation is 1. The van der Waals surface area contributed by atoms with Crippen molar-refractivity contribution in [3.63, 3.8) is 0 Å². The second-order valence-corrected chi connectivity index (χ2v) is 5.84. The van der Waals surface area contributed by atoms with Crippen LogP contribution in [-0.2, 0) is 6.18 Å². The zero-order valence-corrected chi connectivity index (χ0v) is 13.4. The van der Waals surface area contributed by atoms with E-state index in [4.69, 9.17) is 0 Å². The monoisotopic (exact) mass is 408 g/mol. The summed E-state index contributed by atoms with van der Waals surface area (Å²) in [7, 11) is 0. The summed E-state index contributed by atoms with van der Waals surface area (Å²) in [4.78, 5) is 4.10. The van der Waals surface area contributed by atoms with E-state index in [1.165, 1.54) is 6.07 Å². The lowest BCUT2D eigenvalue weighted by molar-refractivity contribution is -0.138. The van der Waals surface area contributed by atoms with Gasteiger partial charge in [0.25, 0.3) is 0 Å². The predicted molar refractivity (Wildman–Crippen MR) is 79.1 cm³/mol. The average molecular weight is 410 g/mol. The van der Waals surface area contributed by atoms with Crippen LogP contribution in [0, 0.1) is 6.92 Å². The number of halogens is 5. The van der Waals surface area contributed by atoms with E-state index < -0.39 is 11.7 Å². The molecule has 0 aliphatic carbocycles. The van der Waals surface area contributed by atoms with Gasteiger partial charge in [0.05, 0.1) is 5.56 Å². The van der Waals surface area contributed by atoms with Gasteiger partial charge in [0.2, 0.25) is 0 Å². The van der Waals surface area contributed by atoms with Crippen molar-refractivity contribution in [3.05, 3.63) is 50.5 Å². The van der Waals surface area contributed by atoms with E-state index in [-0.39, 0.29) is 4.47 Å². The van der Waals surface area contributed by atoms with Crippen molar-refractivity contribution < 1.29 is 13.2 Å². The molecule has 0 saturated carbocycles. The molecule has 1 aromatic heterocycles. The highest BCUT2D eigenvalue weighted by Crippen LogP contribution is 2.36. The summed E-state index contributed by atoms with van der Waals surface area (Å²) in [6.07, 6.45) is -2.80. The van der Waals surface area contributed by atoms with E-state index in [0.29, 0.717) is 11.5 Å². The van der Waals surface area contributed by atoms with Crippen LogP contribution in [0.4, 0.5) is 24.7 Å². The average Bonchev–Trinajstić information content (AvgIpc) is 2.35. The first-order valence-electron chi connectivity index (χ1n) is 5.53. The molecule has 0 aliphatic heterocycles. The highest BCUT2D eigenvalue weighted by molar-refractivity contribution is 9.10. The van der Waals surface area contributed by atoms with Crippen molar-refractivity contribution in [3.8, 4) is 0 Å². The molecular formula is C13H9Br2F3N2. The predicted octanol–water partition coefficient (Wildman–Crippen LogP) is 5.68. The number of hydrogen-bond acceptors (Lipinski definition) is 2. The van der Waals surface area contributed by atoms with Crippen LogP contribution in [0.15, 0.2) is 39.4 Å². The number of benzene rings is 1. The second-order valence-electron chi connectivity index (χ2n) is 4.14. The minimum Gasteiger partial charge on any atom is -0.340 e. The number of anilines is 2. The Morgan fingerprint density at radius 2 is 1.80 bits per heavy atom. The zero-order chi connectivity index (χ0) is 14.9. The Hall–Kier alpha value is -1.08. The van der Waals surface area contributed by atoms with Crippen molar-refractivity contribution in [2.45, 2.75) is 13.1 Å². The number of nitrogens with zero attached hydrogens (tertiary/aromatic N) is 1. The number of nitrogens with one attached hydrogen (secondary N) is 1. The standard InChI is InChI=1S/C13H9Br2F3N2/c1-7-4-12(19-6-11(7)15)20-8-2-3-10(14)9(5-8)13(16,17)18/h2-6H,1H3,(H,19,20). The van der Waals surface area contributed by atoms with Gasteiger partial charge in [-0.1, -0.05) is 15.9 Å². The fourth-order valence-corrected chi connectivity index (χ4v) is 2.26. The molecule has 1 aromatic carbocycles. The van der Waals surface area contributed by atoms with Crippen molar-refractivity contribution in [2.24, 2.45) is 0 Å². The Kier molecular flexibility index (Phi) is 4.39. The van der Waals surface area contributed by atoms with E-state index in [0.717, 1.165) is 16.1 Å². The minimum atomic E-state index is -4.40. The lowest BCUT2D eigenvalue weighted by Crippen LogP contribution is -2.07. The van der Waals surface area contributed by atoms with Crippen LogP contribution >= 0.6 is 31.9 Å². The molecule has 0 aliphatic rings. The van der Waals surface area contributed by atoms with Gasteiger partial charge in [-0.05, 0) is 52.7 Å². The maximum absolute atomic E-state index is 12.8. The van der Waals surface area contributed by atoms with E-state index in [2.05, 4.69) is 42.2 Å². The minimum absolute atomic E-state index is 0.00972. The summed E-state index contributed by atoms with van der Waals surface area (Å²) in [6, 6.07) is 5.71. The van der Waals surface area contributed by atoms with Crippen LogP contribution in [0.25, 0.3) is 0 Å². The number of hydrogen-bond donors (Lipinski definition) is 1. The van der Waals surface area contributed by atoms with Crippen molar-refractivity contribution in [1.29, 1.82) is 0 Å². The molecule has 0 radical (unpaired) electrons. The Morgan fingerprint density at radius 1 is 1.10 bits per heavy atom. The number of rotatable bonds is 2. The number of alkyl halides is 3. The quantitative estimate of drug-likeness (QED) is 0.690. The molecule has 0 bridgehead atoms. The molecule has 106 valence electrons. The van der Waals surface area contributed by atoms with Crippen molar-refractivity contribution in [1.82, 2.24) is 4.98 Å². The topological polar surface area (TPSA) is 24.9 Å². The molecule has 0 fully saturated rings. The SMILES string of the molecule is Cc1cc(Nc2ccc(Br)c(C(F)(F)F)c2)ncc1Br. The van der Waals surface area contributed by atoms with Gasteiger partial charge in [0.15, 0.2) is 0 Å². The van der Waals surface area contributed by atoms with Gasteiger partial charge in [0, 0.05) is 20.8 Å². The van der Waals surface area contributed by atoms with Gasteiger partial charge in [0.1, 0.15) is 5.82 Å². The Labute approximate surface area is 130 Å². The van der Waals surface area contributed by atoms with Gasteiger partial charge in [-0.25, -0.2) is 4.98 Å². The van der Waals surface area contributed by atoms with Gasteiger partial charge >= 0.3 is 6.18 Å². The van der Waals surface area contributed by atoms with E-state index >= 15 is 0 Å². The third-order valence-corrected chi connectivity index (χ3v) is 4.11. The van der Waals surface area contributed by atoms with Crippen LogP contribution in [0.2, 0.25) is 0 Å².